The van der Waals surface area contributed by atoms with E-state index in [0.29, 0.717) is 12.5 Å². The van der Waals surface area contributed by atoms with Crippen LogP contribution in [0.5, 0.6) is 0 Å². The van der Waals surface area contributed by atoms with Crippen LogP contribution in [0.3, 0.4) is 0 Å². The number of carbonyl (C=O) groups is 1. The van der Waals surface area contributed by atoms with Crippen LogP contribution in [0.1, 0.15) is 44.7 Å². The summed E-state index contributed by atoms with van der Waals surface area (Å²) in [6, 6.07) is 10.1. The number of likely N-dealkylation sites (tertiary alicyclic amines) is 1. The van der Waals surface area contributed by atoms with E-state index in [1.165, 1.54) is 16.9 Å². The Kier molecular flexibility index (Phi) is 4.78. The van der Waals surface area contributed by atoms with E-state index in [1.54, 1.807) is 7.11 Å². The normalized spacial score (nSPS) is 15.7. The predicted octanol–water partition coefficient (Wildman–Crippen LogP) is 4.10. The number of carbonyl (C=O) groups excluding carboxylic acids is 1. The lowest BCUT2D eigenvalue weighted by molar-refractivity contribution is 0.0716. The number of aromatic amines is 1. The molecule has 1 amide bonds. The fourth-order valence-electron chi connectivity index (χ4n) is 3.61. The van der Waals surface area contributed by atoms with E-state index in [2.05, 4.69) is 30.1 Å². The Bertz CT molecular complexity index is 922. The molecule has 0 bridgehead atoms. The Morgan fingerprint density at radius 3 is 2.85 bits per heavy atom. The first-order valence-electron chi connectivity index (χ1n) is 8.98. The highest BCUT2D eigenvalue weighted by Gasteiger charge is 2.27. The molecular formula is C20H23N3O2S. The first-order valence-corrected chi connectivity index (χ1v) is 9.79. The van der Waals surface area contributed by atoms with Crippen LogP contribution in [0.15, 0.2) is 30.3 Å². The van der Waals surface area contributed by atoms with Gasteiger partial charge >= 0.3 is 0 Å². The zero-order valence-electron chi connectivity index (χ0n) is 15.1. The Balaban J connectivity index is 1.42. The van der Waals surface area contributed by atoms with E-state index < -0.39 is 0 Å². The molecule has 1 fully saturated rings. The topological polar surface area (TPSA) is 58.2 Å². The number of fused-ring (bicyclic) bond motifs is 1. The van der Waals surface area contributed by atoms with Crippen LogP contribution in [-0.2, 0) is 11.3 Å². The maximum atomic E-state index is 12.7. The van der Waals surface area contributed by atoms with E-state index in [4.69, 9.17) is 9.72 Å². The molecule has 1 N–H and O–H groups in total. The van der Waals surface area contributed by atoms with Gasteiger partial charge in [-0.1, -0.05) is 12.1 Å². The minimum atomic E-state index is 0.135. The van der Waals surface area contributed by atoms with E-state index >= 15 is 0 Å². The molecule has 0 atom stereocenters. The number of H-pyrrole nitrogens is 1. The highest BCUT2D eigenvalue weighted by Crippen LogP contribution is 2.30. The second-order valence-electron chi connectivity index (χ2n) is 6.86. The lowest BCUT2D eigenvalue weighted by Gasteiger charge is -2.30. The molecule has 1 aliphatic heterocycles. The summed E-state index contributed by atoms with van der Waals surface area (Å²) in [7, 11) is 1.67. The van der Waals surface area contributed by atoms with Gasteiger partial charge in [-0.2, -0.15) is 0 Å². The van der Waals surface area contributed by atoms with Gasteiger partial charge in [0.25, 0.3) is 5.91 Å². The van der Waals surface area contributed by atoms with E-state index in [-0.39, 0.29) is 5.91 Å². The molecule has 136 valence electrons. The number of ether oxygens (including phenoxy) is 1. The van der Waals surface area contributed by atoms with Crippen molar-refractivity contribution in [2.45, 2.75) is 32.3 Å². The number of benzene rings is 1. The maximum Gasteiger partial charge on any atom is 0.263 e. The number of piperidine rings is 1. The second kappa shape index (κ2) is 7.21. The molecule has 26 heavy (non-hydrogen) atoms. The molecule has 5 nitrogen and oxygen atoms in total. The van der Waals surface area contributed by atoms with Crippen molar-refractivity contribution in [2.24, 2.45) is 0 Å². The zero-order valence-corrected chi connectivity index (χ0v) is 15.9. The minimum Gasteiger partial charge on any atom is -0.379 e. The average Bonchev–Trinajstić information content (AvgIpc) is 3.29. The molecular weight excluding hydrogens is 346 g/mol. The molecule has 0 saturated carbocycles. The molecule has 2 aromatic heterocycles. The number of methoxy groups -OCH3 is 1. The van der Waals surface area contributed by atoms with Crippen LogP contribution >= 0.6 is 11.3 Å². The number of amides is 1. The minimum absolute atomic E-state index is 0.135. The number of rotatable bonds is 4. The van der Waals surface area contributed by atoms with Crippen LogP contribution in [-0.4, -0.2) is 41.0 Å². The molecule has 1 saturated heterocycles. The molecule has 0 unspecified atom stereocenters. The Morgan fingerprint density at radius 2 is 2.12 bits per heavy atom. The number of nitrogens with zero attached hydrogens (tertiary/aromatic N) is 2. The van der Waals surface area contributed by atoms with Gasteiger partial charge < -0.3 is 14.6 Å². The lowest BCUT2D eigenvalue weighted by atomic mass is 9.96. The van der Waals surface area contributed by atoms with Crippen molar-refractivity contribution in [2.75, 3.05) is 20.2 Å². The summed E-state index contributed by atoms with van der Waals surface area (Å²) in [5, 5.41) is 0. The number of imidazole rings is 1. The Hall–Kier alpha value is -2.18. The zero-order chi connectivity index (χ0) is 18.1. The van der Waals surface area contributed by atoms with Gasteiger partial charge in [-0.3, -0.25) is 4.79 Å². The molecule has 4 rings (SSSR count). The Labute approximate surface area is 157 Å². The van der Waals surface area contributed by atoms with Crippen molar-refractivity contribution in [3.8, 4) is 0 Å². The number of hydrogen-bond acceptors (Lipinski definition) is 4. The summed E-state index contributed by atoms with van der Waals surface area (Å²) in [6.45, 7) is 4.20. The number of aromatic nitrogens is 2. The molecule has 1 aliphatic rings. The number of thiophene rings is 1. The van der Waals surface area contributed by atoms with E-state index in [9.17, 15) is 4.79 Å². The van der Waals surface area contributed by atoms with Crippen LogP contribution in [0, 0.1) is 6.92 Å². The standard InChI is InChI=1S/C20H23N3O2S/c1-13-4-3-5-16-18(13)22-19(21-16)14-8-10-23(11-9-14)20(24)17-7-6-15(26-17)12-25-2/h3-7,14H,8-12H2,1-2H3,(H,21,22). The third-order valence-electron chi connectivity index (χ3n) is 5.06. The van der Waals surface area contributed by atoms with Gasteiger partial charge in [0.05, 0.1) is 22.5 Å². The summed E-state index contributed by atoms with van der Waals surface area (Å²) in [4.78, 5) is 24.9. The molecule has 3 aromatic rings. The van der Waals surface area contributed by atoms with Gasteiger partial charge in [-0.05, 0) is 43.5 Å². The van der Waals surface area contributed by atoms with E-state index in [1.807, 2.05) is 17.0 Å². The van der Waals surface area contributed by atoms with Crippen molar-refractivity contribution in [3.63, 3.8) is 0 Å². The molecule has 1 aromatic carbocycles. The van der Waals surface area contributed by atoms with Gasteiger partial charge in [0.15, 0.2) is 0 Å². The number of aryl methyl sites for hydroxylation is 1. The molecule has 6 heteroatoms. The first-order chi connectivity index (χ1) is 12.7. The summed E-state index contributed by atoms with van der Waals surface area (Å²) < 4.78 is 5.14. The van der Waals surface area contributed by atoms with Gasteiger partial charge in [0.2, 0.25) is 0 Å². The van der Waals surface area contributed by atoms with E-state index in [0.717, 1.165) is 52.5 Å². The van der Waals surface area contributed by atoms with Crippen molar-refractivity contribution in [1.82, 2.24) is 14.9 Å². The quantitative estimate of drug-likeness (QED) is 0.753. The molecule has 0 radical (unpaired) electrons. The number of nitrogens with one attached hydrogen (secondary N) is 1. The third kappa shape index (κ3) is 3.27. The fraction of sp³-hybridized carbons (Fsp3) is 0.400. The van der Waals surface area contributed by atoms with Crippen molar-refractivity contribution < 1.29 is 9.53 Å². The monoisotopic (exact) mass is 369 g/mol. The average molecular weight is 369 g/mol. The summed E-state index contributed by atoms with van der Waals surface area (Å²) in [6.07, 6.45) is 1.89. The number of para-hydroxylation sites is 1. The highest BCUT2D eigenvalue weighted by molar-refractivity contribution is 7.14. The SMILES string of the molecule is COCc1ccc(C(=O)N2CCC(c3nc4c(C)cccc4[nH]3)CC2)s1. The maximum absolute atomic E-state index is 12.7. The van der Waals surface area contributed by atoms with Gasteiger partial charge in [0, 0.05) is 31.0 Å². The predicted molar refractivity (Wildman–Crippen MR) is 104 cm³/mol. The van der Waals surface area contributed by atoms with Crippen LogP contribution in [0.4, 0.5) is 0 Å². The summed E-state index contributed by atoms with van der Waals surface area (Å²) in [5.41, 5.74) is 3.36. The highest BCUT2D eigenvalue weighted by atomic mass is 32.1. The fourth-order valence-corrected chi connectivity index (χ4v) is 4.56. The smallest absolute Gasteiger partial charge is 0.263 e. The third-order valence-corrected chi connectivity index (χ3v) is 6.11. The van der Waals surface area contributed by atoms with Crippen LogP contribution in [0.2, 0.25) is 0 Å². The van der Waals surface area contributed by atoms with Gasteiger partial charge in [0.1, 0.15) is 5.82 Å². The molecule has 0 spiro atoms. The van der Waals surface area contributed by atoms with Gasteiger partial charge in [-0.15, -0.1) is 11.3 Å². The van der Waals surface area contributed by atoms with Crippen molar-refractivity contribution in [1.29, 1.82) is 0 Å². The molecule has 0 aliphatic carbocycles. The van der Waals surface area contributed by atoms with Gasteiger partial charge in [-0.25, -0.2) is 4.98 Å². The Morgan fingerprint density at radius 1 is 1.31 bits per heavy atom. The second-order valence-corrected chi connectivity index (χ2v) is 8.03. The van der Waals surface area contributed by atoms with Crippen LogP contribution in [0.25, 0.3) is 11.0 Å². The molecule has 3 heterocycles. The first kappa shape index (κ1) is 17.2. The number of hydrogen-bond donors (Lipinski definition) is 1. The lowest BCUT2D eigenvalue weighted by Crippen LogP contribution is -2.37. The van der Waals surface area contributed by atoms with Crippen molar-refractivity contribution >= 4 is 28.3 Å². The van der Waals surface area contributed by atoms with Crippen LogP contribution < -0.4 is 0 Å². The van der Waals surface area contributed by atoms with Crippen molar-refractivity contribution in [3.05, 3.63) is 51.5 Å². The summed E-state index contributed by atoms with van der Waals surface area (Å²) in [5.74, 6) is 1.58. The summed E-state index contributed by atoms with van der Waals surface area (Å²) >= 11 is 1.53. The largest absolute Gasteiger partial charge is 0.379 e.